The van der Waals surface area contributed by atoms with E-state index in [1.807, 2.05) is 0 Å². The Bertz CT molecular complexity index is 294. The summed E-state index contributed by atoms with van der Waals surface area (Å²) in [5.41, 5.74) is -0.590. The van der Waals surface area contributed by atoms with Crippen molar-refractivity contribution in [3.63, 3.8) is 0 Å². The predicted octanol–water partition coefficient (Wildman–Crippen LogP) is 2.97. The van der Waals surface area contributed by atoms with Gasteiger partial charge in [-0.2, -0.15) is 13.2 Å². The van der Waals surface area contributed by atoms with Crippen LogP contribution in [-0.2, 0) is 0 Å². The van der Waals surface area contributed by atoms with Crippen molar-refractivity contribution < 1.29 is 22.7 Å². The first-order valence-electron chi connectivity index (χ1n) is 3.41. The van der Waals surface area contributed by atoms with Gasteiger partial charge in [0.25, 0.3) is 0 Å². The van der Waals surface area contributed by atoms with Gasteiger partial charge in [-0.25, -0.2) is 4.39 Å². The maximum Gasteiger partial charge on any atom is 0.423 e. The van der Waals surface area contributed by atoms with Crippen LogP contribution in [0, 0.1) is 0 Å². The molecule has 1 atom stereocenters. The Morgan fingerprint density at radius 2 is 1.85 bits per heavy atom. The van der Waals surface area contributed by atoms with Gasteiger partial charge in [0.05, 0.1) is 0 Å². The molecule has 0 aliphatic carbocycles. The summed E-state index contributed by atoms with van der Waals surface area (Å²) in [7, 11) is 0. The van der Waals surface area contributed by atoms with Crippen molar-refractivity contribution in [2.24, 2.45) is 0 Å². The number of phenolic OH excluding ortho intramolecular Hbond substituents is 1. The first-order chi connectivity index (χ1) is 5.91. The van der Waals surface area contributed by atoms with Crippen LogP contribution in [0.5, 0.6) is 5.75 Å². The second-order valence-corrected chi connectivity index (χ2v) is 2.50. The highest BCUT2D eigenvalue weighted by Gasteiger charge is 2.41. The molecule has 0 heterocycles. The van der Waals surface area contributed by atoms with Gasteiger partial charge in [-0.05, 0) is 17.7 Å². The maximum absolute atomic E-state index is 12.6. The van der Waals surface area contributed by atoms with Crippen LogP contribution in [0.2, 0.25) is 0 Å². The molecule has 1 aromatic rings. The van der Waals surface area contributed by atoms with E-state index in [0.29, 0.717) is 0 Å². The number of halogens is 4. The van der Waals surface area contributed by atoms with Crippen LogP contribution in [0.15, 0.2) is 24.3 Å². The molecular formula is C8H6F4O. The summed E-state index contributed by atoms with van der Waals surface area (Å²) in [4.78, 5) is 0. The summed E-state index contributed by atoms with van der Waals surface area (Å²) < 4.78 is 48.0. The largest absolute Gasteiger partial charge is 0.508 e. The van der Waals surface area contributed by atoms with Crippen molar-refractivity contribution in [1.29, 1.82) is 0 Å². The minimum absolute atomic E-state index is 0.385. The molecule has 0 bridgehead atoms. The third kappa shape index (κ3) is 2.34. The van der Waals surface area contributed by atoms with Crippen LogP contribution in [0.25, 0.3) is 0 Å². The Hall–Kier alpha value is -1.26. The van der Waals surface area contributed by atoms with E-state index < -0.39 is 17.9 Å². The lowest BCUT2D eigenvalue weighted by atomic mass is 10.1. The number of hydrogen-bond acceptors (Lipinski definition) is 1. The standard InChI is InChI=1S/C8H6F4O/c9-7(8(10,11)12)5-2-1-3-6(13)4-5/h1-4,7,13H. The molecule has 0 saturated carbocycles. The Balaban J connectivity index is 2.96. The summed E-state index contributed by atoms with van der Waals surface area (Å²) >= 11 is 0. The second-order valence-electron chi connectivity index (χ2n) is 2.50. The molecule has 0 amide bonds. The van der Waals surface area contributed by atoms with Crippen LogP contribution in [0.3, 0.4) is 0 Å². The Morgan fingerprint density at radius 1 is 1.23 bits per heavy atom. The van der Waals surface area contributed by atoms with E-state index in [9.17, 15) is 17.6 Å². The van der Waals surface area contributed by atoms with E-state index in [1.165, 1.54) is 6.07 Å². The molecule has 0 aliphatic rings. The molecule has 0 spiro atoms. The van der Waals surface area contributed by atoms with Gasteiger partial charge in [-0.3, -0.25) is 0 Å². The summed E-state index contributed by atoms with van der Waals surface area (Å²) in [5, 5.41) is 8.79. The van der Waals surface area contributed by atoms with Crippen LogP contribution in [0.1, 0.15) is 11.7 Å². The molecule has 0 fully saturated rings. The quantitative estimate of drug-likeness (QED) is 0.681. The van der Waals surface area contributed by atoms with Gasteiger partial charge >= 0.3 is 6.18 Å². The molecular weight excluding hydrogens is 188 g/mol. The number of rotatable bonds is 1. The second kappa shape index (κ2) is 3.24. The molecule has 1 N–H and O–H groups in total. The molecule has 1 nitrogen and oxygen atoms in total. The van der Waals surface area contributed by atoms with Crippen molar-refractivity contribution in [2.45, 2.75) is 12.3 Å². The van der Waals surface area contributed by atoms with E-state index >= 15 is 0 Å². The summed E-state index contributed by atoms with van der Waals surface area (Å²) in [6, 6.07) is 4.05. The Labute approximate surface area is 71.6 Å². The number of phenols is 1. The zero-order valence-corrected chi connectivity index (χ0v) is 6.35. The highest BCUT2D eigenvalue weighted by molar-refractivity contribution is 5.29. The topological polar surface area (TPSA) is 20.2 Å². The highest BCUT2D eigenvalue weighted by Crippen LogP contribution is 2.36. The van der Waals surface area contributed by atoms with Gasteiger partial charge in [-0.15, -0.1) is 0 Å². The molecule has 1 unspecified atom stereocenters. The highest BCUT2D eigenvalue weighted by atomic mass is 19.4. The minimum Gasteiger partial charge on any atom is -0.508 e. The van der Waals surface area contributed by atoms with Gasteiger partial charge < -0.3 is 5.11 Å². The molecule has 0 radical (unpaired) electrons. The van der Waals surface area contributed by atoms with Crippen LogP contribution in [-0.4, -0.2) is 11.3 Å². The lowest BCUT2D eigenvalue weighted by molar-refractivity contribution is -0.182. The van der Waals surface area contributed by atoms with Gasteiger partial charge in [0.1, 0.15) is 5.75 Å². The van der Waals surface area contributed by atoms with Crippen LogP contribution >= 0.6 is 0 Å². The lowest BCUT2D eigenvalue weighted by Crippen LogP contribution is -2.16. The fraction of sp³-hybridized carbons (Fsp3) is 0.250. The predicted molar refractivity (Wildman–Crippen MR) is 38.0 cm³/mol. The van der Waals surface area contributed by atoms with E-state index in [0.717, 1.165) is 18.2 Å². The van der Waals surface area contributed by atoms with Crippen molar-refractivity contribution in [1.82, 2.24) is 0 Å². The molecule has 0 saturated heterocycles. The average molecular weight is 194 g/mol. The van der Waals surface area contributed by atoms with Crippen molar-refractivity contribution >= 4 is 0 Å². The number of hydrogen-bond donors (Lipinski definition) is 1. The van der Waals surface area contributed by atoms with E-state index in [2.05, 4.69) is 0 Å². The van der Waals surface area contributed by atoms with Crippen molar-refractivity contribution in [3.8, 4) is 5.75 Å². The fourth-order valence-electron chi connectivity index (χ4n) is 0.871. The van der Waals surface area contributed by atoms with E-state index in [1.54, 1.807) is 0 Å². The normalized spacial score (nSPS) is 14.2. The molecule has 0 aromatic heterocycles. The zero-order chi connectivity index (χ0) is 10.1. The zero-order valence-electron chi connectivity index (χ0n) is 6.35. The molecule has 13 heavy (non-hydrogen) atoms. The number of benzene rings is 1. The average Bonchev–Trinajstić information content (AvgIpc) is 2.01. The number of aromatic hydroxyl groups is 1. The molecule has 72 valence electrons. The fourth-order valence-corrected chi connectivity index (χ4v) is 0.871. The van der Waals surface area contributed by atoms with Crippen LogP contribution < -0.4 is 0 Å². The van der Waals surface area contributed by atoms with E-state index in [-0.39, 0.29) is 5.75 Å². The monoisotopic (exact) mass is 194 g/mol. The van der Waals surface area contributed by atoms with Crippen molar-refractivity contribution in [3.05, 3.63) is 29.8 Å². The molecule has 1 rings (SSSR count). The molecule has 1 aromatic carbocycles. The molecule has 0 aliphatic heterocycles. The summed E-state index contributed by atoms with van der Waals surface area (Å²) in [5.74, 6) is -0.385. The third-order valence-corrected chi connectivity index (χ3v) is 1.45. The third-order valence-electron chi connectivity index (χ3n) is 1.45. The maximum atomic E-state index is 12.6. The smallest absolute Gasteiger partial charge is 0.423 e. The molecule has 5 heteroatoms. The lowest BCUT2D eigenvalue weighted by Gasteiger charge is -2.12. The summed E-state index contributed by atoms with van der Waals surface area (Å²) in [6.45, 7) is 0. The summed E-state index contributed by atoms with van der Waals surface area (Å²) in [6.07, 6.45) is -7.96. The van der Waals surface area contributed by atoms with Crippen LogP contribution in [0.4, 0.5) is 17.6 Å². The van der Waals surface area contributed by atoms with Crippen molar-refractivity contribution in [2.75, 3.05) is 0 Å². The van der Waals surface area contributed by atoms with E-state index in [4.69, 9.17) is 5.11 Å². The first-order valence-corrected chi connectivity index (χ1v) is 3.41. The Morgan fingerprint density at radius 3 is 2.31 bits per heavy atom. The van der Waals surface area contributed by atoms with Gasteiger partial charge in [0, 0.05) is 0 Å². The van der Waals surface area contributed by atoms with Gasteiger partial charge in [0.2, 0.25) is 6.17 Å². The Kier molecular flexibility index (Phi) is 2.45. The van der Waals surface area contributed by atoms with Gasteiger partial charge in [-0.1, -0.05) is 12.1 Å². The SMILES string of the molecule is Oc1cccc(C(F)C(F)(F)F)c1. The van der Waals surface area contributed by atoms with Gasteiger partial charge in [0.15, 0.2) is 0 Å². The minimum atomic E-state index is -4.92. The number of alkyl halides is 4. The first kappa shape index (κ1) is 9.83.